The number of aromatic nitrogens is 3. The highest BCUT2D eigenvalue weighted by molar-refractivity contribution is 4.90. The van der Waals surface area contributed by atoms with Crippen LogP contribution in [0.4, 0.5) is 0 Å². The second-order valence-electron chi connectivity index (χ2n) is 3.51. The Morgan fingerprint density at radius 2 is 2.33 bits per heavy atom. The lowest BCUT2D eigenvalue weighted by Crippen LogP contribution is -2.38. The van der Waals surface area contributed by atoms with Gasteiger partial charge in [0.2, 0.25) is 0 Å². The van der Waals surface area contributed by atoms with Gasteiger partial charge in [0.1, 0.15) is 12.2 Å². The Labute approximate surface area is 72.2 Å². The molecule has 0 fully saturated rings. The molecule has 0 amide bonds. The van der Waals surface area contributed by atoms with Crippen LogP contribution in [0.25, 0.3) is 0 Å². The van der Waals surface area contributed by atoms with Crippen LogP contribution in [0, 0.1) is 0 Å². The van der Waals surface area contributed by atoms with Crippen LogP contribution >= 0.6 is 0 Å². The summed E-state index contributed by atoms with van der Waals surface area (Å²) in [5, 5.41) is 7.92. The maximum atomic E-state index is 4.04. The minimum Gasteiger partial charge on any atom is -0.304 e. The molecule has 0 saturated carbocycles. The SMILES string of the molecule is CC(C)N1CCc2nncn2C1. The van der Waals surface area contributed by atoms with Gasteiger partial charge in [-0.1, -0.05) is 0 Å². The minimum absolute atomic E-state index is 0.612. The first kappa shape index (κ1) is 7.73. The van der Waals surface area contributed by atoms with Crippen molar-refractivity contribution in [3.05, 3.63) is 12.2 Å². The smallest absolute Gasteiger partial charge is 0.135 e. The Morgan fingerprint density at radius 1 is 1.50 bits per heavy atom. The average molecular weight is 166 g/mol. The molecule has 4 heteroatoms. The van der Waals surface area contributed by atoms with Crippen LogP contribution in [0.2, 0.25) is 0 Å². The number of fused-ring (bicyclic) bond motifs is 1. The van der Waals surface area contributed by atoms with E-state index in [1.54, 1.807) is 0 Å². The van der Waals surface area contributed by atoms with Gasteiger partial charge in [-0.3, -0.25) is 4.90 Å². The highest BCUT2D eigenvalue weighted by atomic mass is 15.4. The zero-order valence-corrected chi connectivity index (χ0v) is 7.56. The van der Waals surface area contributed by atoms with Gasteiger partial charge in [0, 0.05) is 19.0 Å². The van der Waals surface area contributed by atoms with E-state index in [1.165, 1.54) is 0 Å². The molecule has 1 aliphatic rings. The summed E-state index contributed by atoms with van der Waals surface area (Å²) in [5.74, 6) is 1.12. The molecule has 1 aromatic rings. The molecule has 0 bridgehead atoms. The van der Waals surface area contributed by atoms with Crippen molar-refractivity contribution in [1.82, 2.24) is 19.7 Å². The first-order valence-electron chi connectivity index (χ1n) is 4.38. The Balaban J connectivity index is 2.15. The van der Waals surface area contributed by atoms with E-state index >= 15 is 0 Å². The molecule has 4 nitrogen and oxygen atoms in total. The van der Waals surface area contributed by atoms with Crippen LogP contribution in [-0.2, 0) is 13.1 Å². The monoisotopic (exact) mass is 166 g/mol. The molecule has 0 saturated heterocycles. The van der Waals surface area contributed by atoms with Gasteiger partial charge in [0.05, 0.1) is 6.67 Å². The van der Waals surface area contributed by atoms with Crippen LogP contribution in [0.5, 0.6) is 0 Å². The lowest BCUT2D eigenvalue weighted by molar-refractivity contribution is 0.151. The largest absolute Gasteiger partial charge is 0.304 e. The van der Waals surface area contributed by atoms with Crippen molar-refractivity contribution in [1.29, 1.82) is 0 Å². The van der Waals surface area contributed by atoms with Crippen LogP contribution in [-0.4, -0.2) is 32.3 Å². The van der Waals surface area contributed by atoms with Crippen molar-refractivity contribution >= 4 is 0 Å². The number of nitrogens with zero attached hydrogens (tertiary/aromatic N) is 4. The number of hydrogen-bond donors (Lipinski definition) is 0. The van der Waals surface area contributed by atoms with Gasteiger partial charge < -0.3 is 4.57 Å². The first-order chi connectivity index (χ1) is 5.77. The van der Waals surface area contributed by atoms with E-state index in [2.05, 4.69) is 33.5 Å². The van der Waals surface area contributed by atoms with Gasteiger partial charge in [0.15, 0.2) is 0 Å². The molecule has 0 aliphatic carbocycles. The highest BCUT2D eigenvalue weighted by Gasteiger charge is 2.18. The van der Waals surface area contributed by atoms with Gasteiger partial charge >= 0.3 is 0 Å². The predicted molar refractivity (Wildman–Crippen MR) is 45.6 cm³/mol. The molecular formula is C8H14N4. The van der Waals surface area contributed by atoms with Gasteiger partial charge in [-0.15, -0.1) is 10.2 Å². The van der Waals surface area contributed by atoms with Crippen molar-refractivity contribution in [2.24, 2.45) is 0 Å². The summed E-state index contributed by atoms with van der Waals surface area (Å²) in [6.45, 7) is 6.49. The van der Waals surface area contributed by atoms with Crippen LogP contribution < -0.4 is 0 Å². The van der Waals surface area contributed by atoms with E-state index in [1.807, 2.05) is 6.33 Å². The normalized spacial score (nSPS) is 18.2. The lowest BCUT2D eigenvalue weighted by Gasteiger charge is -2.30. The first-order valence-corrected chi connectivity index (χ1v) is 4.38. The van der Waals surface area contributed by atoms with Gasteiger partial charge in [-0.2, -0.15) is 0 Å². The summed E-state index contributed by atoms with van der Waals surface area (Å²) in [5.41, 5.74) is 0. The van der Waals surface area contributed by atoms with Crippen molar-refractivity contribution in [2.75, 3.05) is 6.54 Å². The van der Waals surface area contributed by atoms with E-state index in [0.717, 1.165) is 25.5 Å². The van der Waals surface area contributed by atoms with Crippen molar-refractivity contribution in [2.45, 2.75) is 33.0 Å². The van der Waals surface area contributed by atoms with E-state index in [0.29, 0.717) is 6.04 Å². The summed E-state index contributed by atoms with van der Waals surface area (Å²) in [7, 11) is 0. The summed E-state index contributed by atoms with van der Waals surface area (Å²) < 4.78 is 2.11. The van der Waals surface area contributed by atoms with Gasteiger partial charge in [-0.05, 0) is 13.8 Å². The fourth-order valence-corrected chi connectivity index (χ4v) is 1.52. The quantitative estimate of drug-likeness (QED) is 0.609. The number of rotatable bonds is 1. The van der Waals surface area contributed by atoms with Crippen molar-refractivity contribution < 1.29 is 0 Å². The molecule has 1 aliphatic heterocycles. The summed E-state index contributed by atoms with van der Waals surface area (Å²) >= 11 is 0. The topological polar surface area (TPSA) is 34.0 Å². The molecule has 1 aromatic heterocycles. The molecule has 0 radical (unpaired) electrons. The standard InChI is InChI=1S/C8H14N4/c1-7(2)11-4-3-8-10-9-5-12(8)6-11/h5,7H,3-4,6H2,1-2H3. The van der Waals surface area contributed by atoms with Crippen LogP contribution in [0.15, 0.2) is 6.33 Å². The van der Waals surface area contributed by atoms with Crippen LogP contribution in [0.3, 0.4) is 0 Å². The zero-order chi connectivity index (χ0) is 8.55. The predicted octanol–water partition coefficient (Wildman–Crippen LogP) is 0.502. The zero-order valence-electron chi connectivity index (χ0n) is 7.56. The van der Waals surface area contributed by atoms with Crippen LogP contribution in [0.1, 0.15) is 19.7 Å². The molecule has 0 spiro atoms. The summed E-state index contributed by atoms with van der Waals surface area (Å²) in [6, 6.07) is 0.612. The third-order valence-corrected chi connectivity index (χ3v) is 2.38. The average Bonchev–Trinajstić information content (AvgIpc) is 2.49. The fourth-order valence-electron chi connectivity index (χ4n) is 1.52. The maximum absolute atomic E-state index is 4.04. The molecule has 12 heavy (non-hydrogen) atoms. The van der Waals surface area contributed by atoms with Gasteiger partial charge in [0.25, 0.3) is 0 Å². The molecule has 2 rings (SSSR count). The second-order valence-corrected chi connectivity index (χ2v) is 3.51. The third kappa shape index (κ3) is 1.22. The minimum atomic E-state index is 0.612. The Bertz CT molecular complexity index is 266. The van der Waals surface area contributed by atoms with E-state index in [-0.39, 0.29) is 0 Å². The Hall–Kier alpha value is -0.900. The van der Waals surface area contributed by atoms with E-state index in [4.69, 9.17) is 0 Å². The third-order valence-electron chi connectivity index (χ3n) is 2.38. The lowest BCUT2D eigenvalue weighted by atomic mass is 10.2. The molecule has 0 atom stereocenters. The molecule has 2 heterocycles. The maximum Gasteiger partial charge on any atom is 0.135 e. The summed E-state index contributed by atoms with van der Waals surface area (Å²) in [4.78, 5) is 2.41. The Morgan fingerprint density at radius 3 is 3.08 bits per heavy atom. The van der Waals surface area contributed by atoms with E-state index in [9.17, 15) is 0 Å². The van der Waals surface area contributed by atoms with Gasteiger partial charge in [-0.25, -0.2) is 0 Å². The molecular weight excluding hydrogens is 152 g/mol. The van der Waals surface area contributed by atoms with E-state index < -0.39 is 0 Å². The molecule has 0 unspecified atom stereocenters. The highest BCUT2D eigenvalue weighted by Crippen LogP contribution is 2.10. The fraction of sp³-hybridized carbons (Fsp3) is 0.750. The molecule has 0 aromatic carbocycles. The second kappa shape index (κ2) is 2.86. The Kier molecular flexibility index (Phi) is 1.84. The number of hydrogen-bond acceptors (Lipinski definition) is 3. The van der Waals surface area contributed by atoms with Crippen molar-refractivity contribution in [3.63, 3.8) is 0 Å². The molecule has 66 valence electrons. The summed E-state index contributed by atoms with van der Waals surface area (Å²) in [6.07, 6.45) is 2.84. The van der Waals surface area contributed by atoms with Crippen molar-refractivity contribution in [3.8, 4) is 0 Å². The molecule has 0 N–H and O–H groups in total.